The zero-order chi connectivity index (χ0) is 12.6. The highest BCUT2D eigenvalue weighted by Crippen LogP contribution is 2.39. The third-order valence-corrected chi connectivity index (χ3v) is 3.85. The van der Waals surface area contributed by atoms with Gasteiger partial charge in [0, 0.05) is 5.39 Å². The second-order valence-corrected chi connectivity index (χ2v) is 4.99. The van der Waals surface area contributed by atoms with Gasteiger partial charge >= 0.3 is 0 Å². The Morgan fingerprint density at radius 3 is 2.53 bits per heavy atom. The molecule has 0 fully saturated rings. The summed E-state index contributed by atoms with van der Waals surface area (Å²) in [6.07, 6.45) is 0.916. The molecule has 5 heteroatoms. The van der Waals surface area contributed by atoms with Crippen LogP contribution in [0.25, 0.3) is 11.0 Å². The summed E-state index contributed by atoms with van der Waals surface area (Å²) in [6.45, 7) is 2.07. The summed E-state index contributed by atoms with van der Waals surface area (Å²) >= 11 is 18.2. The van der Waals surface area contributed by atoms with Crippen LogP contribution in [0.4, 0.5) is 0 Å². The van der Waals surface area contributed by atoms with E-state index < -0.39 is 0 Å². The molecule has 92 valence electrons. The van der Waals surface area contributed by atoms with Gasteiger partial charge in [-0.3, -0.25) is 0 Å². The van der Waals surface area contributed by atoms with Crippen LogP contribution in [-0.2, 0) is 0 Å². The number of fused-ring (bicyclic) bond motifs is 1. The molecule has 0 saturated carbocycles. The van der Waals surface area contributed by atoms with Gasteiger partial charge in [-0.05, 0) is 25.6 Å². The molecule has 0 spiro atoms. The predicted molar refractivity (Wildman–Crippen MR) is 73.3 cm³/mol. The Kier molecular flexibility index (Phi) is 3.88. The molecule has 0 aliphatic rings. The minimum atomic E-state index is 0.147. The molecule has 2 rings (SSSR count). The lowest BCUT2D eigenvalue weighted by molar-refractivity contribution is 0.444. The average Bonchev–Trinajstić information content (AvgIpc) is 2.73. The highest BCUT2D eigenvalue weighted by atomic mass is 35.5. The number of hydrogen-bond donors (Lipinski definition) is 1. The molecule has 1 heterocycles. The van der Waals surface area contributed by atoms with Crippen molar-refractivity contribution in [2.24, 2.45) is 0 Å². The average molecular weight is 293 g/mol. The monoisotopic (exact) mass is 291 g/mol. The van der Waals surface area contributed by atoms with Crippen molar-refractivity contribution in [2.75, 3.05) is 7.05 Å². The Labute approximate surface area is 115 Å². The molecule has 0 aliphatic carbocycles. The Hall–Kier alpha value is -0.410. The van der Waals surface area contributed by atoms with Crippen molar-refractivity contribution < 1.29 is 4.42 Å². The Morgan fingerprint density at radius 2 is 1.94 bits per heavy atom. The van der Waals surface area contributed by atoms with Crippen molar-refractivity contribution >= 4 is 45.8 Å². The first-order valence-electron chi connectivity index (χ1n) is 5.32. The van der Waals surface area contributed by atoms with Crippen molar-refractivity contribution in [1.82, 2.24) is 5.32 Å². The molecule has 0 radical (unpaired) electrons. The van der Waals surface area contributed by atoms with Crippen molar-refractivity contribution in [2.45, 2.75) is 19.4 Å². The van der Waals surface area contributed by atoms with Crippen LogP contribution in [0.15, 0.2) is 16.5 Å². The molecule has 0 bridgehead atoms. The fourth-order valence-corrected chi connectivity index (χ4v) is 2.55. The van der Waals surface area contributed by atoms with Gasteiger partial charge in [0.05, 0.1) is 21.1 Å². The summed E-state index contributed by atoms with van der Waals surface area (Å²) in [4.78, 5) is 0. The van der Waals surface area contributed by atoms with Gasteiger partial charge in [-0.1, -0.05) is 41.7 Å². The summed E-state index contributed by atoms with van der Waals surface area (Å²) in [5.41, 5.74) is 0.588. The maximum atomic E-state index is 6.13. The van der Waals surface area contributed by atoms with E-state index in [-0.39, 0.29) is 6.04 Å². The minimum absolute atomic E-state index is 0.147. The fourth-order valence-electron chi connectivity index (χ4n) is 1.84. The highest BCUT2D eigenvalue weighted by molar-refractivity contribution is 6.47. The first-order chi connectivity index (χ1) is 8.08. The maximum Gasteiger partial charge on any atom is 0.154 e. The quantitative estimate of drug-likeness (QED) is 0.800. The Morgan fingerprint density at radius 1 is 1.24 bits per heavy atom. The summed E-state index contributed by atoms with van der Waals surface area (Å²) in [5, 5.41) is 5.32. The van der Waals surface area contributed by atoms with Gasteiger partial charge in [-0.2, -0.15) is 0 Å². The SMILES string of the molecule is CCC(NC)c1cc2c(Cl)c(Cl)cc(Cl)c2o1. The van der Waals surface area contributed by atoms with E-state index in [4.69, 9.17) is 39.2 Å². The third-order valence-electron chi connectivity index (χ3n) is 2.77. The predicted octanol–water partition coefficient (Wildman–Crippen LogP) is 5.06. The third kappa shape index (κ3) is 2.27. The number of furan rings is 1. The topological polar surface area (TPSA) is 25.2 Å². The molecule has 0 saturated heterocycles. The van der Waals surface area contributed by atoms with Crippen LogP contribution in [0.2, 0.25) is 15.1 Å². The number of hydrogen-bond acceptors (Lipinski definition) is 2. The van der Waals surface area contributed by atoms with E-state index in [1.807, 2.05) is 13.1 Å². The van der Waals surface area contributed by atoms with Crippen LogP contribution in [-0.4, -0.2) is 7.05 Å². The van der Waals surface area contributed by atoms with Crippen molar-refractivity contribution in [1.29, 1.82) is 0 Å². The number of nitrogens with one attached hydrogen (secondary N) is 1. The summed E-state index contributed by atoms with van der Waals surface area (Å²) < 4.78 is 5.74. The van der Waals surface area contributed by atoms with Gasteiger partial charge in [-0.15, -0.1) is 0 Å². The zero-order valence-corrected chi connectivity index (χ0v) is 11.7. The molecule has 1 atom stereocenters. The van der Waals surface area contributed by atoms with Gasteiger partial charge < -0.3 is 9.73 Å². The molecule has 1 aromatic heterocycles. The van der Waals surface area contributed by atoms with Crippen LogP contribution in [0.3, 0.4) is 0 Å². The van der Waals surface area contributed by atoms with Gasteiger partial charge in [-0.25, -0.2) is 0 Å². The van der Waals surface area contributed by atoms with E-state index in [1.165, 1.54) is 0 Å². The van der Waals surface area contributed by atoms with E-state index in [2.05, 4.69) is 12.2 Å². The van der Waals surface area contributed by atoms with Gasteiger partial charge in [0.15, 0.2) is 5.58 Å². The van der Waals surface area contributed by atoms with Crippen molar-refractivity contribution in [3.05, 3.63) is 33.0 Å². The zero-order valence-electron chi connectivity index (χ0n) is 9.48. The molecule has 17 heavy (non-hydrogen) atoms. The highest BCUT2D eigenvalue weighted by Gasteiger charge is 2.17. The summed E-state index contributed by atoms with van der Waals surface area (Å²) in [6, 6.07) is 3.63. The van der Waals surface area contributed by atoms with Crippen LogP contribution in [0.1, 0.15) is 25.1 Å². The standard InChI is InChI=1S/C12H12Cl3NO/c1-3-9(16-2)10-4-6-11(15)7(13)5-8(14)12(6)17-10/h4-5,9,16H,3H2,1-2H3. The van der Waals surface area contributed by atoms with Gasteiger partial charge in [0.25, 0.3) is 0 Å². The van der Waals surface area contributed by atoms with Crippen LogP contribution >= 0.6 is 34.8 Å². The van der Waals surface area contributed by atoms with Crippen LogP contribution in [0.5, 0.6) is 0 Å². The minimum Gasteiger partial charge on any atom is -0.458 e. The lowest BCUT2D eigenvalue weighted by atomic mass is 10.1. The van der Waals surface area contributed by atoms with E-state index in [1.54, 1.807) is 6.07 Å². The number of benzene rings is 1. The second-order valence-electron chi connectivity index (χ2n) is 3.80. The smallest absolute Gasteiger partial charge is 0.154 e. The normalized spacial score (nSPS) is 13.2. The summed E-state index contributed by atoms with van der Waals surface area (Å²) in [7, 11) is 1.89. The van der Waals surface area contributed by atoms with Gasteiger partial charge in [0.1, 0.15) is 5.76 Å². The fraction of sp³-hybridized carbons (Fsp3) is 0.333. The van der Waals surface area contributed by atoms with Crippen LogP contribution < -0.4 is 5.32 Å². The number of halogens is 3. The molecule has 0 aliphatic heterocycles. The molecular formula is C12H12Cl3NO. The van der Waals surface area contributed by atoms with E-state index in [0.717, 1.165) is 17.6 Å². The summed E-state index contributed by atoms with van der Waals surface area (Å²) in [5.74, 6) is 0.816. The second kappa shape index (κ2) is 5.07. The molecule has 1 aromatic carbocycles. The van der Waals surface area contributed by atoms with Gasteiger partial charge in [0.2, 0.25) is 0 Å². The van der Waals surface area contributed by atoms with E-state index >= 15 is 0 Å². The Bertz CT molecular complexity index is 546. The lowest BCUT2D eigenvalue weighted by Gasteiger charge is -2.09. The molecule has 0 amide bonds. The van der Waals surface area contributed by atoms with E-state index in [9.17, 15) is 0 Å². The van der Waals surface area contributed by atoms with Crippen molar-refractivity contribution in [3.63, 3.8) is 0 Å². The maximum absolute atomic E-state index is 6.13. The Balaban J connectivity index is 2.64. The number of rotatable bonds is 3. The molecule has 2 nitrogen and oxygen atoms in total. The first kappa shape index (κ1) is 13.0. The molecule has 1 unspecified atom stereocenters. The van der Waals surface area contributed by atoms with E-state index in [0.29, 0.717) is 20.7 Å². The first-order valence-corrected chi connectivity index (χ1v) is 6.46. The largest absolute Gasteiger partial charge is 0.458 e. The molecule has 1 N–H and O–H groups in total. The van der Waals surface area contributed by atoms with Crippen LogP contribution in [0, 0.1) is 0 Å². The lowest BCUT2D eigenvalue weighted by Crippen LogP contribution is -2.14. The molecular weight excluding hydrogens is 280 g/mol. The van der Waals surface area contributed by atoms with Crippen molar-refractivity contribution in [3.8, 4) is 0 Å². The molecule has 2 aromatic rings.